The molecular weight excluding hydrogens is 282 g/mol. The van der Waals surface area contributed by atoms with Crippen molar-refractivity contribution in [3.8, 4) is 0 Å². The van der Waals surface area contributed by atoms with Gasteiger partial charge in [-0.15, -0.1) is 0 Å². The number of likely N-dealkylation sites (tertiary alicyclic amines) is 1. The highest BCUT2D eigenvalue weighted by Gasteiger charge is 2.50. The molecule has 0 bridgehead atoms. The van der Waals surface area contributed by atoms with E-state index in [1.807, 2.05) is 21.9 Å². The lowest BCUT2D eigenvalue weighted by atomic mass is 10.1. The lowest BCUT2D eigenvalue weighted by molar-refractivity contribution is -0.141. The number of hydrogen-bond acceptors (Lipinski definition) is 4. The lowest BCUT2D eigenvalue weighted by Crippen LogP contribution is -2.44. The first kappa shape index (κ1) is 13.7. The van der Waals surface area contributed by atoms with Gasteiger partial charge in [0.15, 0.2) is 0 Å². The lowest BCUT2D eigenvalue weighted by Gasteiger charge is -2.26. The predicted octanol–water partition coefficient (Wildman–Crippen LogP) is 0.967. The third kappa shape index (κ3) is 2.09. The maximum Gasteiger partial charge on any atom is 0.252 e. The number of rotatable bonds is 2. The summed E-state index contributed by atoms with van der Waals surface area (Å²) in [5, 5.41) is 0. The van der Waals surface area contributed by atoms with Gasteiger partial charge in [-0.05, 0) is 31.4 Å². The highest BCUT2D eigenvalue weighted by molar-refractivity contribution is 5.98. The molecule has 1 aromatic heterocycles. The summed E-state index contributed by atoms with van der Waals surface area (Å²) in [4.78, 5) is 32.8. The second-order valence-electron chi connectivity index (χ2n) is 6.14. The molecular formula is C16H19N3O3. The van der Waals surface area contributed by atoms with E-state index in [2.05, 4.69) is 4.98 Å². The fourth-order valence-electron chi connectivity index (χ4n) is 3.91. The summed E-state index contributed by atoms with van der Waals surface area (Å²) in [7, 11) is 0. The minimum absolute atomic E-state index is 0.0237. The number of anilines is 1. The van der Waals surface area contributed by atoms with Gasteiger partial charge in [0.25, 0.3) is 5.91 Å². The number of carbonyl (C=O) groups excluding carboxylic acids is 2. The van der Waals surface area contributed by atoms with Crippen molar-refractivity contribution in [2.75, 3.05) is 18.1 Å². The fourth-order valence-corrected chi connectivity index (χ4v) is 3.91. The largest absolute Gasteiger partial charge is 0.368 e. The van der Waals surface area contributed by atoms with Crippen molar-refractivity contribution in [1.29, 1.82) is 0 Å². The Labute approximate surface area is 129 Å². The predicted molar refractivity (Wildman–Crippen MR) is 79.2 cm³/mol. The summed E-state index contributed by atoms with van der Waals surface area (Å²) >= 11 is 0. The molecule has 116 valence electrons. The van der Waals surface area contributed by atoms with Crippen LogP contribution in [0.2, 0.25) is 0 Å². The second kappa shape index (κ2) is 5.35. The molecule has 3 aliphatic rings. The second-order valence-corrected chi connectivity index (χ2v) is 6.14. The molecule has 6 nitrogen and oxygen atoms in total. The first-order chi connectivity index (χ1) is 10.8. The maximum absolute atomic E-state index is 12.6. The Bertz CT molecular complexity index is 586. The molecule has 0 N–H and O–H groups in total. The highest BCUT2D eigenvalue weighted by Crippen LogP contribution is 2.36. The van der Waals surface area contributed by atoms with Gasteiger partial charge in [0, 0.05) is 25.8 Å². The van der Waals surface area contributed by atoms with Crippen molar-refractivity contribution in [3.05, 3.63) is 24.5 Å². The van der Waals surface area contributed by atoms with Crippen LogP contribution in [0.5, 0.6) is 0 Å². The van der Waals surface area contributed by atoms with Crippen molar-refractivity contribution in [2.45, 2.75) is 43.9 Å². The highest BCUT2D eigenvalue weighted by atomic mass is 16.5. The monoisotopic (exact) mass is 301 g/mol. The van der Waals surface area contributed by atoms with E-state index in [1.54, 1.807) is 12.4 Å². The minimum Gasteiger partial charge on any atom is -0.368 e. The van der Waals surface area contributed by atoms with E-state index in [9.17, 15) is 9.59 Å². The van der Waals surface area contributed by atoms with Crippen LogP contribution >= 0.6 is 0 Å². The zero-order chi connectivity index (χ0) is 15.1. The normalized spacial score (nSPS) is 30.9. The molecule has 0 saturated carbocycles. The van der Waals surface area contributed by atoms with Crippen LogP contribution in [-0.4, -0.2) is 53.0 Å². The van der Waals surface area contributed by atoms with Crippen LogP contribution in [0.3, 0.4) is 0 Å². The molecule has 2 amide bonds. The molecule has 3 atom stereocenters. The van der Waals surface area contributed by atoms with Crippen molar-refractivity contribution in [2.24, 2.45) is 0 Å². The quantitative estimate of drug-likeness (QED) is 0.816. The van der Waals surface area contributed by atoms with Crippen LogP contribution in [0.25, 0.3) is 0 Å². The summed E-state index contributed by atoms with van der Waals surface area (Å²) in [5.41, 5.74) is 0.825. The minimum atomic E-state index is -0.304. The van der Waals surface area contributed by atoms with Crippen LogP contribution < -0.4 is 4.90 Å². The van der Waals surface area contributed by atoms with E-state index in [1.165, 1.54) is 0 Å². The van der Waals surface area contributed by atoms with E-state index in [0.29, 0.717) is 19.6 Å². The van der Waals surface area contributed by atoms with Crippen molar-refractivity contribution in [3.63, 3.8) is 0 Å². The number of aromatic nitrogens is 1. The van der Waals surface area contributed by atoms with Gasteiger partial charge in [0.2, 0.25) is 5.91 Å². The van der Waals surface area contributed by atoms with Crippen LogP contribution in [0.15, 0.2) is 24.5 Å². The molecule has 3 saturated heterocycles. The van der Waals surface area contributed by atoms with Crippen LogP contribution in [0, 0.1) is 0 Å². The molecule has 4 heterocycles. The van der Waals surface area contributed by atoms with E-state index in [4.69, 9.17) is 4.74 Å². The molecule has 3 aliphatic heterocycles. The van der Waals surface area contributed by atoms with Gasteiger partial charge in [-0.2, -0.15) is 0 Å². The number of pyridine rings is 1. The molecule has 0 aliphatic carbocycles. The van der Waals surface area contributed by atoms with Gasteiger partial charge >= 0.3 is 0 Å². The zero-order valence-electron chi connectivity index (χ0n) is 12.4. The molecule has 6 heteroatoms. The maximum atomic E-state index is 12.6. The summed E-state index contributed by atoms with van der Waals surface area (Å²) in [6.45, 7) is 1.37. The number of nitrogens with zero attached hydrogens (tertiary/aromatic N) is 3. The fraction of sp³-hybridized carbons (Fsp3) is 0.562. The zero-order valence-corrected chi connectivity index (χ0v) is 12.4. The van der Waals surface area contributed by atoms with E-state index >= 15 is 0 Å². The Morgan fingerprint density at radius 3 is 2.95 bits per heavy atom. The van der Waals surface area contributed by atoms with Gasteiger partial charge in [0.05, 0.1) is 24.0 Å². The van der Waals surface area contributed by atoms with Crippen molar-refractivity contribution >= 4 is 17.5 Å². The van der Waals surface area contributed by atoms with Gasteiger partial charge in [-0.25, -0.2) is 0 Å². The Balaban J connectivity index is 1.55. The number of hydrogen-bond donors (Lipinski definition) is 0. The van der Waals surface area contributed by atoms with Crippen molar-refractivity contribution in [1.82, 2.24) is 9.88 Å². The molecule has 0 aromatic carbocycles. The van der Waals surface area contributed by atoms with E-state index in [-0.39, 0.29) is 30.0 Å². The molecule has 0 radical (unpaired) electrons. The van der Waals surface area contributed by atoms with Gasteiger partial charge in [0.1, 0.15) is 6.10 Å². The smallest absolute Gasteiger partial charge is 0.252 e. The summed E-state index contributed by atoms with van der Waals surface area (Å²) in [6.07, 6.45) is 6.07. The van der Waals surface area contributed by atoms with E-state index in [0.717, 1.165) is 24.9 Å². The molecule has 22 heavy (non-hydrogen) atoms. The first-order valence-electron chi connectivity index (χ1n) is 7.90. The Morgan fingerprint density at radius 2 is 2.23 bits per heavy atom. The average molecular weight is 301 g/mol. The molecule has 1 unspecified atom stereocenters. The summed E-state index contributed by atoms with van der Waals surface area (Å²) < 4.78 is 5.51. The third-order valence-corrected chi connectivity index (χ3v) is 4.91. The van der Waals surface area contributed by atoms with Crippen molar-refractivity contribution < 1.29 is 14.3 Å². The van der Waals surface area contributed by atoms with Crippen LogP contribution in [-0.2, 0) is 14.3 Å². The molecule has 3 fully saturated rings. The molecule has 1 aromatic rings. The van der Waals surface area contributed by atoms with Crippen LogP contribution in [0.1, 0.15) is 25.7 Å². The number of ether oxygens (including phenoxy) is 1. The Morgan fingerprint density at radius 1 is 1.32 bits per heavy atom. The molecule has 0 spiro atoms. The standard InChI is InChI=1S/C16H19N3O3/c20-15-9-13-12(19(15)11-3-1-6-17-10-11)5-7-18(13)16(21)14-4-2-8-22-14/h1,3,6,10,12-14H,2,4-5,7-9H2/t12-,13+,14?/m1/s1. The summed E-state index contributed by atoms with van der Waals surface area (Å²) in [5.74, 6) is 0.138. The Kier molecular flexibility index (Phi) is 3.33. The average Bonchev–Trinajstić information content (AvgIpc) is 3.23. The molecule has 4 rings (SSSR count). The number of carbonyl (C=O) groups is 2. The Hall–Kier alpha value is -1.95. The SMILES string of the molecule is O=C(C1CCCO1)N1CC[C@@H]2[C@@H]1CC(=O)N2c1cccnc1. The van der Waals surface area contributed by atoms with Gasteiger partial charge in [-0.3, -0.25) is 14.6 Å². The van der Waals surface area contributed by atoms with Gasteiger partial charge < -0.3 is 14.5 Å². The number of fused-ring (bicyclic) bond motifs is 1. The first-order valence-corrected chi connectivity index (χ1v) is 7.90. The van der Waals surface area contributed by atoms with E-state index < -0.39 is 0 Å². The van der Waals surface area contributed by atoms with Crippen LogP contribution in [0.4, 0.5) is 5.69 Å². The topological polar surface area (TPSA) is 62.7 Å². The van der Waals surface area contributed by atoms with Gasteiger partial charge in [-0.1, -0.05) is 0 Å². The number of amides is 2. The third-order valence-electron chi connectivity index (χ3n) is 4.91. The summed E-state index contributed by atoms with van der Waals surface area (Å²) in [6, 6.07) is 3.78.